The van der Waals surface area contributed by atoms with Crippen LogP contribution < -0.4 is 5.32 Å². The Morgan fingerprint density at radius 2 is 2.35 bits per heavy atom. The first-order valence-corrected chi connectivity index (χ1v) is 6.83. The molecule has 2 unspecified atom stereocenters. The van der Waals surface area contributed by atoms with Crippen molar-refractivity contribution in [1.82, 2.24) is 10.2 Å². The fourth-order valence-corrected chi connectivity index (χ4v) is 2.67. The van der Waals surface area contributed by atoms with Gasteiger partial charge in [-0.2, -0.15) is 0 Å². The highest BCUT2D eigenvalue weighted by molar-refractivity contribution is 4.99. The lowest BCUT2D eigenvalue weighted by molar-refractivity contribution is 0.107. The predicted molar refractivity (Wildman–Crippen MR) is 69.9 cm³/mol. The predicted octanol–water partition coefficient (Wildman–Crippen LogP) is 2.63. The first-order valence-electron chi connectivity index (χ1n) is 6.83. The van der Waals surface area contributed by atoms with Crippen molar-refractivity contribution in [3.05, 3.63) is 24.2 Å². The normalized spacial score (nSPS) is 26.2. The molecule has 1 saturated heterocycles. The van der Waals surface area contributed by atoms with E-state index in [0.717, 1.165) is 25.4 Å². The van der Waals surface area contributed by atoms with E-state index < -0.39 is 0 Å². The maximum absolute atomic E-state index is 5.46. The van der Waals surface area contributed by atoms with Gasteiger partial charge < -0.3 is 9.73 Å². The molecule has 1 aliphatic heterocycles. The van der Waals surface area contributed by atoms with Gasteiger partial charge in [-0.25, -0.2) is 0 Å². The van der Waals surface area contributed by atoms with Crippen LogP contribution in [-0.4, -0.2) is 30.1 Å². The second-order valence-electron chi connectivity index (χ2n) is 4.96. The van der Waals surface area contributed by atoms with E-state index in [4.69, 9.17) is 4.42 Å². The van der Waals surface area contributed by atoms with E-state index in [-0.39, 0.29) is 0 Å². The Hall–Kier alpha value is -0.800. The number of rotatable bonds is 5. The van der Waals surface area contributed by atoms with Crippen LogP contribution >= 0.6 is 0 Å². The molecule has 0 saturated carbocycles. The Bertz CT molecular complexity index is 310. The van der Waals surface area contributed by atoms with Crippen molar-refractivity contribution in [2.75, 3.05) is 13.1 Å². The molecule has 2 heterocycles. The lowest BCUT2D eigenvalue weighted by Gasteiger charge is -2.39. The van der Waals surface area contributed by atoms with Crippen molar-refractivity contribution in [1.29, 1.82) is 0 Å². The van der Waals surface area contributed by atoms with Gasteiger partial charge in [-0.3, -0.25) is 4.90 Å². The molecule has 0 radical (unpaired) electrons. The molecule has 2 rings (SSSR count). The third-order valence-corrected chi connectivity index (χ3v) is 3.66. The van der Waals surface area contributed by atoms with Crippen LogP contribution in [0, 0.1) is 0 Å². The molecule has 96 valence electrons. The maximum atomic E-state index is 5.46. The fraction of sp³-hybridized carbons (Fsp3) is 0.714. The van der Waals surface area contributed by atoms with E-state index in [0.29, 0.717) is 12.1 Å². The Morgan fingerprint density at radius 3 is 3.00 bits per heavy atom. The Labute approximate surface area is 104 Å². The topological polar surface area (TPSA) is 28.4 Å². The molecule has 0 spiro atoms. The van der Waals surface area contributed by atoms with Crippen molar-refractivity contribution < 1.29 is 4.42 Å². The molecule has 0 aliphatic carbocycles. The lowest BCUT2D eigenvalue weighted by Crippen LogP contribution is -2.55. The van der Waals surface area contributed by atoms with Crippen LogP contribution in [0.25, 0.3) is 0 Å². The molecule has 0 amide bonds. The minimum absolute atomic E-state index is 0.646. The molecule has 0 aromatic carbocycles. The molecule has 1 aromatic heterocycles. The lowest BCUT2D eigenvalue weighted by atomic mass is 10.0. The van der Waals surface area contributed by atoms with E-state index in [1.165, 1.54) is 19.3 Å². The number of nitrogens with one attached hydrogen (secondary N) is 1. The van der Waals surface area contributed by atoms with Crippen LogP contribution in [0.3, 0.4) is 0 Å². The second-order valence-corrected chi connectivity index (χ2v) is 4.96. The second kappa shape index (κ2) is 6.22. The number of hydrogen-bond acceptors (Lipinski definition) is 3. The SMILES string of the molecule is CCCC1CN(Cc2ccco2)C(CC)CN1. The minimum atomic E-state index is 0.646. The van der Waals surface area contributed by atoms with E-state index in [9.17, 15) is 0 Å². The highest BCUT2D eigenvalue weighted by Crippen LogP contribution is 2.16. The summed E-state index contributed by atoms with van der Waals surface area (Å²) < 4.78 is 5.46. The maximum Gasteiger partial charge on any atom is 0.117 e. The quantitative estimate of drug-likeness (QED) is 0.852. The van der Waals surface area contributed by atoms with Gasteiger partial charge >= 0.3 is 0 Å². The van der Waals surface area contributed by atoms with Crippen LogP contribution in [0.2, 0.25) is 0 Å². The highest BCUT2D eigenvalue weighted by Gasteiger charge is 2.26. The smallest absolute Gasteiger partial charge is 0.117 e. The first-order chi connectivity index (χ1) is 8.33. The summed E-state index contributed by atoms with van der Waals surface area (Å²) in [6, 6.07) is 5.34. The molecule has 1 N–H and O–H groups in total. The zero-order valence-electron chi connectivity index (χ0n) is 11.0. The highest BCUT2D eigenvalue weighted by atomic mass is 16.3. The fourth-order valence-electron chi connectivity index (χ4n) is 2.67. The Kier molecular flexibility index (Phi) is 4.63. The molecular formula is C14H24N2O. The molecule has 17 heavy (non-hydrogen) atoms. The monoisotopic (exact) mass is 236 g/mol. The van der Waals surface area contributed by atoms with Crippen LogP contribution in [0.15, 0.2) is 22.8 Å². The molecule has 1 fully saturated rings. The van der Waals surface area contributed by atoms with Gasteiger partial charge in [0.1, 0.15) is 5.76 Å². The molecule has 1 aromatic rings. The van der Waals surface area contributed by atoms with Gasteiger partial charge in [-0.1, -0.05) is 20.3 Å². The molecule has 0 bridgehead atoms. The number of nitrogens with zero attached hydrogens (tertiary/aromatic N) is 1. The van der Waals surface area contributed by atoms with Gasteiger partial charge in [0.25, 0.3) is 0 Å². The summed E-state index contributed by atoms with van der Waals surface area (Å²) in [7, 11) is 0. The van der Waals surface area contributed by atoms with Crippen molar-refractivity contribution in [2.45, 2.75) is 51.7 Å². The molecule has 3 heteroatoms. The van der Waals surface area contributed by atoms with Crippen molar-refractivity contribution >= 4 is 0 Å². The van der Waals surface area contributed by atoms with E-state index in [1.54, 1.807) is 6.26 Å². The molecule has 3 nitrogen and oxygen atoms in total. The Morgan fingerprint density at radius 1 is 1.47 bits per heavy atom. The molecule has 1 aliphatic rings. The van der Waals surface area contributed by atoms with E-state index in [2.05, 4.69) is 30.1 Å². The van der Waals surface area contributed by atoms with Crippen LogP contribution in [0.4, 0.5) is 0 Å². The van der Waals surface area contributed by atoms with E-state index in [1.807, 2.05) is 6.07 Å². The summed E-state index contributed by atoms with van der Waals surface area (Å²) in [6.07, 6.45) is 5.49. The summed E-state index contributed by atoms with van der Waals surface area (Å²) in [6.45, 7) is 7.73. The summed E-state index contributed by atoms with van der Waals surface area (Å²) >= 11 is 0. The average Bonchev–Trinajstić information content (AvgIpc) is 2.83. The largest absolute Gasteiger partial charge is 0.468 e. The van der Waals surface area contributed by atoms with Gasteiger partial charge in [0.2, 0.25) is 0 Å². The van der Waals surface area contributed by atoms with E-state index >= 15 is 0 Å². The van der Waals surface area contributed by atoms with Gasteiger partial charge in [0.05, 0.1) is 12.8 Å². The summed E-state index contributed by atoms with van der Waals surface area (Å²) in [5.74, 6) is 1.08. The number of piperazine rings is 1. The summed E-state index contributed by atoms with van der Waals surface area (Å²) in [5, 5.41) is 3.66. The zero-order valence-corrected chi connectivity index (χ0v) is 11.0. The molecular weight excluding hydrogens is 212 g/mol. The van der Waals surface area contributed by atoms with Crippen LogP contribution in [-0.2, 0) is 6.54 Å². The average molecular weight is 236 g/mol. The van der Waals surface area contributed by atoms with Gasteiger partial charge in [0.15, 0.2) is 0 Å². The minimum Gasteiger partial charge on any atom is -0.468 e. The van der Waals surface area contributed by atoms with Gasteiger partial charge in [-0.15, -0.1) is 0 Å². The Balaban J connectivity index is 1.94. The van der Waals surface area contributed by atoms with Gasteiger partial charge in [-0.05, 0) is 25.0 Å². The summed E-state index contributed by atoms with van der Waals surface area (Å²) in [4.78, 5) is 2.57. The summed E-state index contributed by atoms with van der Waals surface area (Å²) in [5.41, 5.74) is 0. The van der Waals surface area contributed by atoms with Crippen molar-refractivity contribution in [3.63, 3.8) is 0 Å². The van der Waals surface area contributed by atoms with Crippen molar-refractivity contribution in [3.8, 4) is 0 Å². The third kappa shape index (κ3) is 3.33. The first kappa shape index (κ1) is 12.7. The zero-order chi connectivity index (χ0) is 12.1. The molecule has 2 atom stereocenters. The third-order valence-electron chi connectivity index (χ3n) is 3.66. The van der Waals surface area contributed by atoms with Crippen LogP contribution in [0.1, 0.15) is 38.9 Å². The standard InChI is InChI=1S/C14H24N2O/c1-3-6-12-10-16(13(4-2)9-15-12)11-14-7-5-8-17-14/h5,7-8,12-13,15H,3-4,6,9-11H2,1-2H3. The van der Waals surface area contributed by atoms with Gasteiger partial charge in [0, 0.05) is 25.2 Å². The number of hydrogen-bond donors (Lipinski definition) is 1. The van der Waals surface area contributed by atoms with Crippen molar-refractivity contribution in [2.24, 2.45) is 0 Å². The van der Waals surface area contributed by atoms with Crippen LogP contribution in [0.5, 0.6) is 0 Å². The number of furan rings is 1.